The summed E-state index contributed by atoms with van der Waals surface area (Å²) in [5, 5.41) is 12.8. The van der Waals surface area contributed by atoms with Crippen LogP contribution in [0.4, 0.5) is 0 Å². The second-order valence-corrected chi connectivity index (χ2v) is 5.61. The summed E-state index contributed by atoms with van der Waals surface area (Å²) in [7, 11) is 0. The Morgan fingerprint density at radius 1 is 1.08 bits per heavy atom. The molecule has 3 rings (SSSR count). The van der Waals surface area contributed by atoms with Crippen molar-refractivity contribution in [3.8, 4) is 0 Å². The van der Waals surface area contributed by atoms with Gasteiger partial charge in [0.25, 0.3) is 5.91 Å². The van der Waals surface area contributed by atoms with Crippen LogP contribution in [-0.4, -0.2) is 23.0 Å². The third-order valence-corrected chi connectivity index (χ3v) is 3.94. The van der Waals surface area contributed by atoms with Gasteiger partial charge in [0.1, 0.15) is 11.6 Å². The molecule has 3 aromatic rings. The molecule has 2 N–H and O–H groups in total. The molecule has 0 bridgehead atoms. The first kappa shape index (κ1) is 15.8. The van der Waals surface area contributed by atoms with Crippen LogP contribution in [0.2, 0.25) is 0 Å². The van der Waals surface area contributed by atoms with Crippen molar-refractivity contribution in [2.75, 3.05) is 0 Å². The van der Waals surface area contributed by atoms with Gasteiger partial charge in [0.2, 0.25) is 0 Å². The van der Waals surface area contributed by atoms with E-state index in [4.69, 9.17) is 4.42 Å². The van der Waals surface area contributed by atoms with Gasteiger partial charge in [-0.2, -0.15) is 0 Å². The first-order chi connectivity index (χ1) is 11.6. The maximum atomic E-state index is 12.5. The van der Waals surface area contributed by atoms with Crippen LogP contribution >= 0.6 is 0 Å². The summed E-state index contributed by atoms with van der Waals surface area (Å²) in [5.41, 5.74) is 2.15. The Balaban J connectivity index is 1.82. The molecule has 1 atom stereocenters. The fourth-order valence-electron chi connectivity index (χ4n) is 2.66. The Morgan fingerprint density at radius 2 is 1.75 bits per heavy atom. The van der Waals surface area contributed by atoms with E-state index in [1.54, 1.807) is 13.0 Å². The van der Waals surface area contributed by atoms with Crippen molar-refractivity contribution < 1.29 is 19.1 Å². The number of para-hydroxylation sites is 1. The zero-order valence-electron chi connectivity index (χ0n) is 13.2. The van der Waals surface area contributed by atoms with Crippen LogP contribution < -0.4 is 5.32 Å². The lowest BCUT2D eigenvalue weighted by Crippen LogP contribution is -2.42. The minimum absolute atomic E-state index is 0.149. The molecule has 1 heterocycles. The fourth-order valence-corrected chi connectivity index (χ4v) is 2.66. The summed E-state index contributed by atoms with van der Waals surface area (Å²) < 4.78 is 5.59. The first-order valence-electron chi connectivity index (χ1n) is 7.62. The van der Waals surface area contributed by atoms with Crippen molar-refractivity contribution in [3.05, 3.63) is 71.5 Å². The Morgan fingerprint density at radius 3 is 2.42 bits per heavy atom. The summed E-state index contributed by atoms with van der Waals surface area (Å²) in [5.74, 6) is -1.46. The Labute approximate surface area is 138 Å². The molecule has 2 aromatic carbocycles. The largest absolute Gasteiger partial charge is 0.480 e. The van der Waals surface area contributed by atoms with Crippen LogP contribution in [0, 0.1) is 6.92 Å². The molecule has 1 amide bonds. The summed E-state index contributed by atoms with van der Waals surface area (Å²) in [4.78, 5) is 24.0. The Kier molecular flexibility index (Phi) is 4.33. The average Bonchev–Trinajstić information content (AvgIpc) is 2.92. The maximum Gasteiger partial charge on any atom is 0.326 e. The lowest BCUT2D eigenvalue weighted by Gasteiger charge is -2.14. The zero-order valence-corrected chi connectivity index (χ0v) is 13.2. The highest BCUT2D eigenvalue weighted by atomic mass is 16.4. The predicted octanol–water partition coefficient (Wildman–Crippen LogP) is 3.17. The monoisotopic (exact) mass is 323 g/mol. The number of carbonyl (C=O) groups excluding carboxylic acids is 1. The molecule has 0 aliphatic carbocycles. The van der Waals surface area contributed by atoms with Gasteiger partial charge >= 0.3 is 5.97 Å². The van der Waals surface area contributed by atoms with Crippen molar-refractivity contribution in [2.45, 2.75) is 19.4 Å². The number of aryl methyl sites for hydroxylation is 1. The summed E-state index contributed by atoms with van der Waals surface area (Å²) >= 11 is 0. The molecule has 0 unspecified atom stereocenters. The van der Waals surface area contributed by atoms with Crippen LogP contribution in [-0.2, 0) is 11.2 Å². The highest BCUT2D eigenvalue weighted by Gasteiger charge is 2.24. The molecule has 0 aliphatic rings. The summed E-state index contributed by atoms with van der Waals surface area (Å²) in [6.45, 7) is 1.79. The van der Waals surface area contributed by atoms with Gasteiger partial charge in [-0.3, -0.25) is 4.79 Å². The molecule has 122 valence electrons. The van der Waals surface area contributed by atoms with E-state index in [0.29, 0.717) is 11.1 Å². The smallest absolute Gasteiger partial charge is 0.326 e. The number of carbonyl (C=O) groups is 2. The molecule has 24 heavy (non-hydrogen) atoms. The third-order valence-electron chi connectivity index (χ3n) is 3.94. The van der Waals surface area contributed by atoms with E-state index in [1.807, 2.05) is 48.5 Å². The number of hydrogen-bond donors (Lipinski definition) is 2. The van der Waals surface area contributed by atoms with Crippen LogP contribution in [0.25, 0.3) is 11.0 Å². The van der Waals surface area contributed by atoms with Gasteiger partial charge in [0.15, 0.2) is 5.76 Å². The highest BCUT2D eigenvalue weighted by Crippen LogP contribution is 2.24. The highest BCUT2D eigenvalue weighted by molar-refractivity contribution is 6.00. The second-order valence-electron chi connectivity index (χ2n) is 5.61. The lowest BCUT2D eigenvalue weighted by molar-refractivity contribution is -0.139. The molecule has 0 spiro atoms. The van der Waals surface area contributed by atoms with Gasteiger partial charge in [-0.15, -0.1) is 0 Å². The van der Waals surface area contributed by atoms with Crippen LogP contribution in [0.15, 0.2) is 59.0 Å². The quantitative estimate of drug-likeness (QED) is 0.756. The van der Waals surface area contributed by atoms with Crippen molar-refractivity contribution in [3.63, 3.8) is 0 Å². The van der Waals surface area contributed by atoms with Gasteiger partial charge in [-0.05, 0) is 18.6 Å². The standard InChI is InChI=1S/C19H17NO4/c1-12-14-9-5-6-10-16(14)24-17(12)18(21)20-15(19(22)23)11-13-7-3-2-4-8-13/h2-10,15H,11H2,1H3,(H,20,21)(H,22,23)/t15-/m0/s1. The molecule has 0 aliphatic heterocycles. The molecule has 5 heteroatoms. The minimum Gasteiger partial charge on any atom is -0.480 e. The molecular weight excluding hydrogens is 306 g/mol. The number of fused-ring (bicyclic) bond motifs is 1. The van der Waals surface area contributed by atoms with E-state index >= 15 is 0 Å². The predicted molar refractivity (Wildman–Crippen MR) is 90.0 cm³/mol. The maximum absolute atomic E-state index is 12.5. The SMILES string of the molecule is Cc1c(C(=O)N[C@@H](Cc2ccccc2)C(=O)O)oc2ccccc12. The van der Waals surface area contributed by atoms with Crippen LogP contribution in [0.1, 0.15) is 21.7 Å². The van der Waals surface area contributed by atoms with Crippen LogP contribution in [0.3, 0.4) is 0 Å². The number of benzene rings is 2. The number of carboxylic acids is 1. The van der Waals surface area contributed by atoms with Crippen molar-refractivity contribution in [1.29, 1.82) is 0 Å². The van der Waals surface area contributed by atoms with Crippen molar-refractivity contribution in [1.82, 2.24) is 5.32 Å². The van der Waals surface area contributed by atoms with Gasteiger partial charge in [0.05, 0.1) is 0 Å². The second kappa shape index (κ2) is 6.58. The Hall–Kier alpha value is -3.08. The number of aliphatic carboxylic acids is 1. The number of rotatable bonds is 5. The normalized spacial score (nSPS) is 12.0. The van der Waals surface area contributed by atoms with E-state index in [9.17, 15) is 14.7 Å². The lowest BCUT2D eigenvalue weighted by atomic mass is 10.1. The van der Waals surface area contributed by atoms with Crippen molar-refractivity contribution in [2.24, 2.45) is 0 Å². The molecular formula is C19H17NO4. The van der Waals surface area contributed by atoms with Gasteiger partial charge < -0.3 is 14.8 Å². The van der Waals surface area contributed by atoms with E-state index in [0.717, 1.165) is 10.9 Å². The van der Waals surface area contributed by atoms with Crippen LogP contribution in [0.5, 0.6) is 0 Å². The summed E-state index contributed by atoms with van der Waals surface area (Å²) in [6, 6.07) is 15.5. The topological polar surface area (TPSA) is 79.5 Å². The Bertz CT molecular complexity index is 883. The van der Waals surface area contributed by atoms with Crippen molar-refractivity contribution >= 4 is 22.8 Å². The number of nitrogens with one attached hydrogen (secondary N) is 1. The van der Waals surface area contributed by atoms with Gasteiger partial charge in [-0.25, -0.2) is 4.79 Å². The third kappa shape index (κ3) is 3.15. The molecule has 0 radical (unpaired) electrons. The molecule has 0 saturated heterocycles. The average molecular weight is 323 g/mol. The van der Waals surface area contributed by atoms with Gasteiger partial charge in [-0.1, -0.05) is 48.5 Å². The number of amides is 1. The molecule has 0 saturated carbocycles. The minimum atomic E-state index is -1.08. The first-order valence-corrected chi connectivity index (χ1v) is 7.62. The molecule has 1 aromatic heterocycles. The zero-order chi connectivity index (χ0) is 17.1. The van der Waals surface area contributed by atoms with E-state index in [-0.39, 0.29) is 12.2 Å². The number of hydrogen-bond acceptors (Lipinski definition) is 3. The van der Waals surface area contributed by atoms with E-state index < -0.39 is 17.9 Å². The number of furan rings is 1. The summed E-state index contributed by atoms with van der Waals surface area (Å²) in [6.07, 6.45) is 0.210. The number of carboxylic acid groups (broad SMARTS) is 1. The molecule has 0 fully saturated rings. The van der Waals surface area contributed by atoms with E-state index in [1.165, 1.54) is 0 Å². The van der Waals surface area contributed by atoms with E-state index in [2.05, 4.69) is 5.32 Å². The van der Waals surface area contributed by atoms with Gasteiger partial charge in [0, 0.05) is 17.4 Å². The molecule has 5 nitrogen and oxygen atoms in total. The fraction of sp³-hybridized carbons (Fsp3) is 0.158.